The predicted octanol–water partition coefficient (Wildman–Crippen LogP) is 4.92. The van der Waals surface area contributed by atoms with Crippen molar-refractivity contribution >= 4 is 39.2 Å². The average molecular weight is 523 g/mol. The summed E-state index contributed by atoms with van der Waals surface area (Å²) in [6, 6.07) is 12.7. The molecule has 1 unspecified atom stereocenters. The molecule has 3 aromatic rings. The quantitative estimate of drug-likeness (QED) is 0.512. The Hall–Kier alpha value is -3.33. The van der Waals surface area contributed by atoms with E-state index in [9.17, 15) is 9.59 Å². The number of amides is 2. The molecule has 3 heterocycles. The van der Waals surface area contributed by atoms with Crippen LogP contribution in [0.15, 0.2) is 41.9 Å². The maximum Gasteiger partial charge on any atom is 0.410 e. The number of benzene rings is 2. The highest BCUT2D eigenvalue weighted by atomic mass is 32.1. The van der Waals surface area contributed by atoms with E-state index in [0.717, 1.165) is 45.9 Å². The monoisotopic (exact) mass is 522 g/mol. The second kappa shape index (κ2) is 10.2. The number of aromatic nitrogens is 1. The molecule has 0 bridgehead atoms. The van der Waals surface area contributed by atoms with E-state index in [2.05, 4.69) is 51.6 Å². The molecule has 0 spiro atoms. The molecule has 2 fully saturated rings. The van der Waals surface area contributed by atoms with Gasteiger partial charge in [-0.25, -0.2) is 9.78 Å². The molecule has 1 N–H and O–H groups in total. The number of piperazine rings is 1. The van der Waals surface area contributed by atoms with Crippen LogP contribution in [0.5, 0.6) is 5.75 Å². The molecule has 2 aliphatic rings. The van der Waals surface area contributed by atoms with Crippen LogP contribution in [0.3, 0.4) is 0 Å². The van der Waals surface area contributed by atoms with Crippen LogP contribution < -0.4 is 15.0 Å². The SMILES string of the molecule is C[C@@H](Oc1cc(-c2ccc(N3CCN(C(=O)OC(C)(C)C)CC3)cc2)cc2ncsc12)C1CNC(=O)C1. The highest BCUT2D eigenvalue weighted by Gasteiger charge is 2.29. The number of carbonyl (C=O) groups excluding carboxylic acids is 2. The Kier molecular flexibility index (Phi) is 6.98. The number of ether oxygens (including phenoxy) is 2. The van der Waals surface area contributed by atoms with Crippen molar-refractivity contribution in [3.05, 3.63) is 41.9 Å². The summed E-state index contributed by atoms with van der Waals surface area (Å²) in [6.45, 7) is 11.1. The van der Waals surface area contributed by atoms with Crippen LogP contribution in [0, 0.1) is 5.92 Å². The fourth-order valence-corrected chi connectivity index (χ4v) is 5.51. The van der Waals surface area contributed by atoms with Crippen LogP contribution >= 0.6 is 11.3 Å². The molecule has 2 aliphatic heterocycles. The first kappa shape index (κ1) is 25.3. The van der Waals surface area contributed by atoms with E-state index < -0.39 is 5.60 Å². The van der Waals surface area contributed by atoms with Gasteiger partial charge in [0.25, 0.3) is 0 Å². The van der Waals surface area contributed by atoms with Crippen LogP contribution in [0.2, 0.25) is 0 Å². The molecule has 8 nitrogen and oxygen atoms in total. The molecule has 196 valence electrons. The minimum absolute atomic E-state index is 0.0822. The summed E-state index contributed by atoms with van der Waals surface area (Å²) in [4.78, 5) is 32.6. The van der Waals surface area contributed by atoms with Gasteiger partial charge in [0.15, 0.2) is 0 Å². The number of fused-ring (bicyclic) bond motifs is 1. The van der Waals surface area contributed by atoms with Crippen molar-refractivity contribution in [2.24, 2.45) is 5.92 Å². The first-order valence-electron chi connectivity index (χ1n) is 12.8. The van der Waals surface area contributed by atoms with Gasteiger partial charge in [0.2, 0.25) is 5.91 Å². The minimum Gasteiger partial charge on any atom is -0.489 e. The molecule has 1 aromatic heterocycles. The second-order valence-corrected chi connectivity index (χ2v) is 11.6. The molecular formula is C28H34N4O4S. The summed E-state index contributed by atoms with van der Waals surface area (Å²) in [5.74, 6) is 1.06. The van der Waals surface area contributed by atoms with Gasteiger partial charge in [-0.3, -0.25) is 4.79 Å². The number of nitrogens with zero attached hydrogens (tertiary/aromatic N) is 3. The molecule has 0 radical (unpaired) electrons. The zero-order valence-electron chi connectivity index (χ0n) is 21.8. The zero-order valence-corrected chi connectivity index (χ0v) is 22.6. The molecule has 9 heteroatoms. The smallest absolute Gasteiger partial charge is 0.410 e. The summed E-state index contributed by atoms with van der Waals surface area (Å²) in [5, 5.41) is 2.90. The molecule has 5 rings (SSSR count). The molecule has 37 heavy (non-hydrogen) atoms. The first-order chi connectivity index (χ1) is 17.7. The number of hydrogen-bond acceptors (Lipinski definition) is 7. The van der Waals surface area contributed by atoms with Crippen molar-refractivity contribution in [1.29, 1.82) is 0 Å². The van der Waals surface area contributed by atoms with Crippen molar-refractivity contribution < 1.29 is 19.1 Å². The van der Waals surface area contributed by atoms with Gasteiger partial charge in [0.1, 0.15) is 17.5 Å². The van der Waals surface area contributed by atoms with E-state index >= 15 is 0 Å². The number of nitrogens with one attached hydrogen (secondary N) is 1. The molecule has 0 saturated carbocycles. The van der Waals surface area contributed by atoms with Crippen molar-refractivity contribution in [3.63, 3.8) is 0 Å². The van der Waals surface area contributed by atoms with Gasteiger partial charge in [0, 0.05) is 50.7 Å². The van der Waals surface area contributed by atoms with E-state index in [1.807, 2.05) is 33.2 Å². The molecule has 2 aromatic carbocycles. The topological polar surface area (TPSA) is 84.0 Å². The molecule has 2 atom stereocenters. The summed E-state index contributed by atoms with van der Waals surface area (Å²) in [7, 11) is 0. The molecule has 0 aliphatic carbocycles. The van der Waals surface area contributed by atoms with Crippen LogP contribution in [0.1, 0.15) is 34.1 Å². The van der Waals surface area contributed by atoms with Gasteiger partial charge in [-0.05, 0) is 63.1 Å². The second-order valence-electron chi connectivity index (χ2n) is 10.8. The van der Waals surface area contributed by atoms with Crippen LogP contribution in [-0.4, -0.2) is 66.3 Å². The van der Waals surface area contributed by atoms with Gasteiger partial charge in [-0.2, -0.15) is 0 Å². The highest BCUT2D eigenvalue weighted by molar-refractivity contribution is 7.17. The Labute approximate surface area is 221 Å². The lowest BCUT2D eigenvalue weighted by Gasteiger charge is -2.36. The Bertz CT molecular complexity index is 1280. The first-order valence-corrected chi connectivity index (χ1v) is 13.7. The Morgan fingerprint density at radius 1 is 1.11 bits per heavy atom. The minimum atomic E-state index is -0.485. The highest BCUT2D eigenvalue weighted by Crippen LogP contribution is 2.36. The lowest BCUT2D eigenvalue weighted by atomic mass is 10.0. The number of hydrogen-bond donors (Lipinski definition) is 1. The van der Waals surface area contributed by atoms with Crippen molar-refractivity contribution in [2.75, 3.05) is 37.6 Å². The van der Waals surface area contributed by atoms with Crippen molar-refractivity contribution in [1.82, 2.24) is 15.2 Å². The Morgan fingerprint density at radius 2 is 1.84 bits per heavy atom. The average Bonchev–Trinajstić information content (AvgIpc) is 3.52. The third-order valence-corrected chi connectivity index (χ3v) is 7.74. The van der Waals surface area contributed by atoms with Gasteiger partial charge in [0.05, 0.1) is 15.7 Å². The molecule has 2 amide bonds. The van der Waals surface area contributed by atoms with Crippen LogP contribution in [0.25, 0.3) is 21.3 Å². The molecule has 2 saturated heterocycles. The van der Waals surface area contributed by atoms with Crippen LogP contribution in [0.4, 0.5) is 10.5 Å². The van der Waals surface area contributed by atoms with Crippen molar-refractivity contribution in [3.8, 4) is 16.9 Å². The molecular weight excluding hydrogens is 488 g/mol. The van der Waals surface area contributed by atoms with Gasteiger partial charge < -0.3 is 24.6 Å². The van der Waals surface area contributed by atoms with E-state index in [-0.39, 0.29) is 24.0 Å². The predicted molar refractivity (Wildman–Crippen MR) is 146 cm³/mol. The standard InChI is InChI=1S/C28H34N4O4S/c1-18(21-15-25(33)29-16-21)35-24-14-20(13-23-26(24)37-17-30-23)19-5-7-22(8-6-19)31-9-11-32(12-10-31)27(34)36-28(2,3)4/h5-8,13-14,17-18,21H,9-12,15-16H2,1-4H3,(H,29,33)/t18-,21?/m1/s1. The maximum atomic E-state index is 12.4. The van der Waals surface area contributed by atoms with Crippen molar-refractivity contribution in [2.45, 2.75) is 45.8 Å². The van der Waals surface area contributed by atoms with Gasteiger partial charge in [-0.15, -0.1) is 11.3 Å². The van der Waals surface area contributed by atoms with Gasteiger partial charge >= 0.3 is 6.09 Å². The summed E-state index contributed by atoms with van der Waals surface area (Å²) in [6.07, 6.45) is 0.171. The Morgan fingerprint density at radius 3 is 2.49 bits per heavy atom. The lowest BCUT2D eigenvalue weighted by Crippen LogP contribution is -2.50. The van der Waals surface area contributed by atoms with E-state index in [4.69, 9.17) is 9.47 Å². The van der Waals surface area contributed by atoms with E-state index in [1.54, 1.807) is 16.2 Å². The third-order valence-electron chi connectivity index (χ3n) is 6.88. The number of rotatable bonds is 5. The summed E-state index contributed by atoms with van der Waals surface area (Å²) < 4.78 is 12.9. The number of anilines is 1. The van der Waals surface area contributed by atoms with E-state index in [0.29, 0.717) is 26.1 Å². The number of carbonyl (C=O) groups is 2. The lowest BCUT2D eigenvalue weighted by molar-refractivity contribution is -0.119. The maximum absolute atomic E-state index is 12.4. The summed E-state index contributed by atoms with van der Waals surface area (Å²) in [5.41, 5.74) is 5.52. The van der Waals surface area contributed by atoms with Gasteiger partial charge in [-0.1, -0.05) is 12.1 Å². The summed E-state index contributed by atoms with van der Waals surface area (Å²) >= 11 is 1.57. The zero-order chi connectivity index (χ0) is 26.2. The number of thiazole rings is 1. The fraction of sp³-hybridized carbons (Fsp3) is 0.464. The van der Waals surface area contributed by atoms with E-state index in [1.165, 1.54) is 0 Å². The Balaban J connectivity index is 1.28. The fourth-order valence-electron chi connectivity index (χ4n) is 4.79. The third kappa shape index (κ3) is 5.82. The van der Waals surface area contributed by atoms with Crippen LogP contribution in [-0.2, 0) is 9.53 Å². The normalized spacial score (nSPS) is 19.1. The largest absolute Gasteiger partial charge is 0.489 e.